The topological polar surface area (TPSA) is 42.9 Å². The van der Waals surface area contributed by atoms with E-state index >= 15 is 0 Å². The van der Waals surface area contributed by atoms with E-state index in [9.17, 15) is 5.26 Å². The summed E-state index contributed by atoms with van der Waals surface area (Å²) in [6.07, 6.45) is 0. The fourth-order valence-corrected chi connectivity index (χ4v) is 8.77. The van der Waals surface area contributed by atoms with Gasteiger partial charge in [0.2, 0.25) is 0 Å². The molecule has 5 heteroatoms. The summed E-state index contributed by atoms with van der Waals surface area (Å²) < 4.78 is 6.93. The van der Waals surface area contributed by atoms with Gasteiger partial charge in [-0.05, 0) is 83.2 Å². The van der Waals surface area contributed by atoms with Crippen LogP contribution in [-0.4, -0.2) is 13.7 Å². The van der Waals surface area contributed by atoms with Crippen LogP contribution in [0.3, 0.4) is 0 Å². The van der Waals surface area contributed by atoms with E-state index in [2.05, 4.69) is 182 Å². The average molecular weight is 700 g/mol. The van der Waals surface area contributed by atoms with Crippen molar-refractivity contribution >= 4 is 71.1 Å². The average Bonchev–Trinajstić information content (AvgIpc) is 3.89. The highest BCUT2D eigenvalue weighted by Crippen LogP contribution is 2.41. The number of rotatable bonds is 4. The second-order valence-electron chi connectivity index (χ2n) is 14.0. The Labute approximate surface area is 316 Å². The normalized spacial score (nSPS) is 11.6. The predicted molar refractivity (Wildman–Crippen MR) is 226 cm³/mol. The first-order valence-corrected chi connectivity index (χ1v) is 18.3. The molecule has 0 N–H and O–H groups in total. The molecule has 11 rings (SSSR count). The number of fused-ring (bicyclic) bond motifs is 9. The van der Waals surface area contributed by atoms with Gasteiger partial charge in [0.15, 0.2) is 5.69 Å². The minimum Gasteiger partial charge on any atom is -0.309 e. The molecule has 0 spiro atoms. The Hall–Kier alpha value is -7.86. The first-order chi connectivity index (χ1) is 27.2. The van der Waals surface area contributed by atoms with Crippen LogP contribution in [0, 0.1) is 17.9 Å². The molecule has 0 unspecified atom stereocenters. The standard InChI is InChI=1S/C50H29N5/c1-52-34-24-27-48-43(30-34)42-18-11-23-49(55-46-21-8-4-16-40(46)41-17-5-9-22-47(41)55)50(42)54(48)35-13-10-12-32(28-35)37-26-25-36(29-33(37)31-51)53-44-19-6-2-14-38(44)39-15-3-7-20-45(39)53/h2-30H. The fourth-order valence-electron chi connectivity index (χ4n) is 8.77. The van der Waals surface area contributed by atoms with E-state index in [0.29, 0.717) is 11.3 Å². The molecule has 0 fully saturated rings. The van der Waals surface area contributed by atoms with E-state index < -0.39 is 0 Å². The van der Waals surface area contributed by atoms with Crippen molar-refractivity contribution in [3.05, 3.63) is 193 Å². The molecule has 8 aromatic carbocycles. The molecule has 0 saturated heterocycles. The number of benzene rings is 8. The summed E-state index contributed by atoms with van der Waals surface area (Å²) in [7, 11) is 0. The van der Waals surface area contributed by atoms with Crippen LogP contribution in [0.15, 0.2) is 176 Å². The third-order valence-corrected chi connectivity index (χ3v) is 11.1. The first kappa shape index (κ1) is 30.7. The van der Waals surface area contributed by atoms with Gasteiger partial charge in [-0.1, -0.05) is 109 Å². The highest BCUT2D eigenvalue weighted by molar-refractivity contribution is 6.16. The number of nitriles is 1. The minimum atomic E-state index is 0.601. The van der Waals surface area contributed by atoms with Gasteiger partial charge in [-0.25, -0.2) is 4.85 Å². The van der Waals surface area contributed by atoms with E-state index in [0.717, 1.165) is 72.1 Å². The molecule has 0 amide bonds. The lowest BCUT2D eigenvalue weighted by Crippen LogP contribution is -2.01. The van der Waals surface area contributed by atoms with Crippen molar-refractivity contribution in [2.24, 2.45) is 0 Å². The molecule has 0 aliphatic rings. The molecule has 254 valence electrons. The van der Waals surface area contributed by atoms with Gasteiger partial charge in [0, 0.05) is 38.3 Å². The van der Waals surface area contributed by atoms with Crippen molar-refractivity contribution in [2.75, 3.05) is 0 Å². The number of hydrogen-bond acceptors (Lipinski definition) is 1. The monoisotopic (exact) mass is 699 g/mol. The van der Waals surface area contributed by atoms with Gasteiger partial charge in [-0.3, -0.25) is 0 Å². The van der Waals surface area contributed by atoms with Gasteiger partial charge in [0.05, 0.1) is 57.0 Å². The van der Waals surface area contributed by atoms with Gasteiger partial charge in [0.1, 0.15) is 0 Å². The largest absolute Gasteiger partial charge is 0.309 e. The summed E-state index contributed by atoms with van der Waals surface area (Å²) in [5.41, 5.74) is 12.5. The predicted octanol–water partition coefficient (Wildman–Crippen LogP) is 13.1. The van der Waals surface area contributed by atoms with Crippen molar-refractivity contribution in [1.29, 1.82) is 5.26 Å². The molecule has 0 bridgehead atoms. The van der Waals surface area contributed by atoms with Gasteiger partial charge < -0.3 is 13.7 Å². The summed E-state index contributed by atoms with van der Waals surface area (Å²) in [6, 6.07) is 63.6. The quantitative estimate of drug-likeness (QED) is 0.169. The van der Waals surface area contributed by atoms with Crippen LogP contribution in [0.25, 0.3) is 98.5 Å². The second kappa shape index (κ2) is 11.8. The molecule has 0 aliphatic heterocycles. The van der Waals surface area contributed by atoms with Crippen LogP contribution in [0.1, 0.15) is 5.56 Å². The third-order valence-electron chi connectivity index (χ3n) is 11.1. The zero-order chi connectivity index (χ0) is 36.6. The van der Waals surface area contributed by atoms with Crippen molar-refractivity contribution in [2.45, 2.75) is 0 Å². The van der Waals surface area contributed by atoms with E-state index in [1.165, 1.54) is 21.5 Å². The maximum Gasteiger partial charge on any atom is 0.188 e. The van der Waals surface area contributed by atoms with Gasteiger partial charge in [0.25, 0.3) is 0 Å². The van der Waals surface area contributed by atoms with Crippen LogP contribution in [0.5, 0.6) is 0 Å². The lowest BCUT2D eigenvalue weighted by molar-refractivity contribution is 1.13. The van der Waals surface area contributed by atoms with Crippen molar-refractivity contribution < 1.29 is 0 Å². The molecule has 5 nitrogen and oxygen atoms in total. The molecule has 0 saturated carbocycles. The first-order valence-electron chi connectivity index (χ1n) is 18.3. The summed E-state index contributed by atoms with van der Waals surface area (Å²) in [6.45, 7) is 7.82. The van der Waals surface area contributed by atoms with Crippen molar-refractivity contribution in [3.63, 3.8) is 0 Å². The van der Waals surface area contributed by atoms with Crippen LogP contribution in [0.2, 0.25) is 0 Å². The summed E-state index contributed by atoms with van der Waals surface area (Å²) >= 11 is 0. The molecule has 0 aliphatic carbocycles. The number of aromatic nitrogens is 3. The van der Waals surface area contributed by atoms with E-state index in [4.69, 9.17) is 6.57 Å². The highest BCUT2D eigenvalue weighted by atomic mass is 15.1. The van der Waals surface area contributed by atoms with Crippen molar-refractivity contribution in [1.82, 2.24) is 13.7 Å². The Morgan fingerprint density at radius 1 is 0.436 bits per heavy atom. The molecule has 3 heterocycles. The zero-order valence-electron chi connectivity index (χ0n) is 29.5. The minimum absolute atomic E-state index is 0.601. The van der Waals surface area contributed by atoms with Gasteiger partial charge >= 0.3 is 0 Å². The summed E-state index contributed by atoms with van der Waals surface area (Å²) in [5, 5.41) is 17.5. The highest BCUT2D eigenvalue weighted by Gasteiger charge is 2.21. The Morgan fingerprint density at radius 3 is 1.60 bits per heavy atom. The Bertz CT molecular complexity index is 3360. The molecular weight excluding hydrogens is 671 g/mol. The molecule has 0 atom stereocenters. The lowest BCUT2D eigenvalue weighted by Gasteiger charge is -2.16. The van der Waals surface area contributed by atoms with Crippen LogP contribution in [0.4, 0.5) is 5.69 Å². The second-order valence-corrected chi connectivity index (χ2v) is 14.0. The maximum absolute atomic E-state index is 10.6. The Kier molecular flexibility index (Phi) is 6.61. The van der Waals surface area contributed by atoms with E-state index in [1.807, 2.05) is 18.2 Å². The third kappa shape index (κ3) is 4.45. The lowest BCUT2D eigenvalue weighted by atomic mass is 9.99. The summed E-state index contributed by atoms with van der Waals surface area (Å²) in [5.74, 6) is 0. The smallest absolute Gasteiger partial charge is 0.188 e. The van der Waals surface area contributed by atoms with Crippen LogP contribution >= 0.6 is 0 Å². The van der Waals surface area contributed by atoms with Crippen LogP contribution in [-0.2, 0) is 0 Å². The maximum atomic E-state index is 10.6. The fraction of sp³-hybridized carbons (Fsp3) is 0. The van der Waals surface area contributed by atoms with Gasteiger partial charge in [-0.15, -0.1) is 0 Å². The van der Waals surface area contributed by atoms with Gasteiger partial charge in [-0.2, -0.15) is 5.26 Å². The molecule has 11 aromatic rings. The van der Waals surface area contributed by atoms with Crippen LogP contribution < -0.4 is 0 Å². The number of hydrogen-bond donors (Lipinski definition) is 0. The van der Waals surface area contributed by atoms with E-state index in [1.54, 1.807) is 0 Å². The molecule has 0 radical (unpaired) electrons. The zero-order valence-corrected chi connectivity index (χ0v) is 29.5. The Balaban J connectivity index is 1.15. The molecule has 55 heavy (non-hydrogen) atoms. The molecular formula is C50H29N5. The summed E-state index contributed by atoms with van der Waals surface area (Å²) in [4.78, 5) is 3.80. The molecule has 3 aromatic heterocycles. The Morgan fingerprint density at radius 2 is 0.982 bits per heavy atom. The SMILES string of the molecule is [C-]#[N+]c1ccc2c(c1)c1cccc(-n3c4ccccc4c4ccccc43)c1n2-c1cccc(-c2ccc(-n3c4ccccc4c4ccccc43)cc2C#N)c1. The number of nitrogens with zero attached hydrogens (tertiary/aromatic N) is 5. The van der Waals surface area contributed by atoms with Crippen molar-refractivity contribution in [3.8, 4) is 34.3 Å². The number of para-hydroxylation sites is 5. The van der Waals surface area contributed by atoms with E-state index in [-0.39, 0.29) is 0 Å².